The second-order valence-corrected chi connectivity index (χ2v) is 8.47. The third-order valence-electron chi connectivity index (χ3n) is 4.53. The number of amides is 1. The van der Waals surface area contributed by atoms with Gasteiger partial charge in [0, 0.05) is 0 Å². The fourth-order valence-corrected chi connectivity index (χ4v) is 4.59. The smallest absolute Gasteiger partial charge is 0.267 e. The molecule has 0 radical (unpaired) electrons. The van der Waals surface area contributed by atoms with E-state index in [1.165, 1.54) is 11.8 Å². The van der Waals surface area contributed by atoms with E-state index in [0.717, 1.165) is 27.0 Å². The van der Waals surface area contributed by atoms with Gasteiger partial charge < -0.3 is 4.74 Å². The maximum absolute atomic E-state index is 13.2. The van der Waals surface area contributed by atoms with Crippen molar-refractivity contribution in [1.82, 2.24) is 4.90 Å². The van der Waals surface area contributed by atoms with Gasteiger partial charge in [-0.3, -0.25) is 9.69 Å². The first-order valence-electron chi connectivity index (χ1n) is 9.36. The van der Waals surface area contributed by atoms with Crippen LogP contribution in [0.1, 0.15) is 11.1 Å². The Bertz CT molecular complexity index is 1110. The number of carbonyl (C=O) groups is 1. The van der Waals surface area contributed by atoms with Crippen molar-refractivity contribution in [1.29, 1.82) is 0 Å². The van der Waals surface area contributed by atoms with Gasteiger partial charge in [0.1, 0.15) is 5.75 Å². The summed E-state index contributed by atoms with van der Waals surface area (Å²) < 4.78 is 6.13. The number of hydrogen-bond donors (Lipinski definition) is 0. The molecule has 3 aromatic rings. The molecule has 6 heteroatoms. The molecule has 1 fully saturated rings. The monoisotopic (exact) mass is 478 g/mol. The first kappa shape index (κ1) is 20.4. The first-order valence-corrected chi connectivity index (χ1v) is 11.0. The summed E-state index contributed by atoms with van der Waals surface area (Å²) in [5, 5.41) is 0.675. The van der Waals surface area contributed by atoms with E-state index in [2.05, 4.69) is 15.9 Å². The molecule has 1 heterocycles. The third kappa shape index (κ3) is 4.66. The fraction of sp³-hybridized carbons (Fsp3) is 0.0833. The minimum absolute atomic E-state index is 0.0505. The summed E-state index contributed by atoms with van der Waals surface area (Å²) >= 11 is 4.90. The van der Waals surface area contributed by atoms with Gasteiger partial charge in [-0.1, -0.05) is 54.6 Å². The van der Waals surface area contributed by atoms with Gasteiger partial charge in [-0.25, -0.2) is 4.99 Å². The molecule has 0 atom stereocenters. The van der Waals surface area contributed by atoms with Crippen molar-refractivity contribution in [2.75, 3.05) is 7.11 Å². The van der Waals surface area contributed by atoms with Crippen LogP contribution < -0.4 is 4.74 Å². The summed E-state index contributed by atoms with van der Waals surface area (Å²) in [4.78, 5) is 20.4. The Morgan fingerprint density at radius 1 is 1.03 bits per heavy atom. The van der Waals surface area contributed by atoms with Crippen molar-refractivity contribution >= 4 is 50.5 Å². The van der Waals surface area contributed by atoms with Crippen LogP contribution >= 0.6 is 27.7 Å². The Morgan fingerprint density at radius 3 is 2.40 bits per heavy atom. The molecular formula is C24H19BrN2O2S. The van der Waals surface area contributed by atoms with Crippen molar-refractivity contribution in [2.24, 2.45) is 4.99 Å². The lowest BCUT2D eigenvalue weighted by Crippen LogP contribution is -2.28. The van der Waals surface area contributed by atoms with E-state index < -0.39 is 0 Å². The Balaban J connectivity index is 1.69. The van der Waals surface area contributed by atoms with Gasteiger partial charge in [0.05, 0.1) is 28.7 Å². The lowest BCUT2D eigenvalue weighted by atomic mass is 10.2. The van der Waals surface area contributed by atoms with Crippen LogP contribution in [0.15, 0.2) is 93.2 Å². The van der Waals surface area contributed by atoms with Crippen LogP contribution in [0.5, 0.6) is 5.75 Å². The summed E-state index contributed by atoms with van der Waals surface area (Å²) in [6.45, 7) is 0.474. The van der Waals surface area contributed by atoms with Crippen molar-refractivity contribution in [3.8, 4) is 5.75 Å². The van der Waals surface area contributed by atoms with Crippen LogP contribution in [-0.2, 0) is 11.3 Å². The Kier molecular flexibility index (Phi) is 6.35. The van der Waals surface area contributed by atoms with Gasteiger partial charge in [-0.15, -0.1) is 0 Å². The average Bonchev–Trinajstić information content (AvgIpc) is 3.04. The Morgan fingerprint density at radius 2 is 1.73 bits per heavy atom. The molecule has 30 heavy (non-hydrogen) atoms. The van der Waals surface area contributed by atoms with Gasteiger partial charge in [0.2, 0.25) is 0 Å². The SMILES string of the molecule is COc1ccc(/C=C2/SC(=Nc3ccccc3)N(Cc3ccccc3)C2=O)cc1Br. The Hall–Kier alpha value is -2.83. The molecule has 0 aromatic heterocycles. The van der Waals surface area contributed by atoms with Crippen molar-refractivity contribution in [3.63, 3.8) is 0 Å². The molecule has 0 aliphatic carbocycles. The van der Waals surface area contributed by atoms with E-state index in [1.807, 2.05) is 84.9 Å². The number of para-hydroxylation sites is 1. The molecule has 3 aromatic carbocycles. The lowest BCUT2D eigenvalue weighted by molar-refractivity contribution is -0.122. The molecule has 0 spiro atoms. The van der Waals surface area contributed by atoms with Crippen LogP contribution in [0, 0.1) is 0 Å². The standard InChI is InChI=1S/C24H19BrN2O2S/c1-29-21-13-12-18(14-20(21)25)15-22-23(28)27(16-17-8-4-2-5-9-17)24(30-22)26-19-10-6-3-7-11-19/h2-15H,16H2,1H3/b22-15+,26-24?. The summed E-state index contributed by atoms with van der Waals surface area (Å²) in [7, 11) is 1.63. The molecule has 1 aliphatic heterocycles. The van der Waals surface area contributed by atoms with Crippen LogP contribution in [0.4, 0.5) is 5.69 Å². The molecule has 4 nitrogen and oxygen atoms in total. The zero-order valence-electron chi connectivity index (χ0n) is 16.3. The minimum Gasteiger partial charge on any atom is -0.496 e. The maximum Gasteiger partial charge on any atom is 0.267 e. The first-order chi connectivity index (χ1) is 14.6. The highest BCUT2D eigenvalue weighted by Crippen LogP contribution is 2.36. The van der Waals surface area contributed by atoms with Crippen LogP contribution in [0.2, 0.25) is 0 Å². The highest BCUT2D eigenvalue weighted by atomic mass is 79.9. The quantitative estimate of drug-likeness (QED) is 0.406. The third-order valence-corrected chi connectivity index (χ3v) is 6.15. The minimum atomic E-state index is -0.0505. The van der Waals surface area contributed by atoms with E-state index in [4.69, 9.17) is 9.73 Å². The molecule has 0 saturated carbocycles. The molecule has 4 rings (SSSR count). The number of carbonyl (C=O) groups excluding carboxylic acids is 1. The number of thioether (sulfide) groups is 1. The van der Waals surface area contributed by atoms with E-state index in [-0.39, 0.29) is 5.91 Å². The highest BCUT2D eigenvalue weighted by Gasteiger charge is 2.33. The number of rotatable bonds is 5. The van der Waals surface area contributed by atoms with Crippen molar-refractivity contribution < 1.29 is 9.53 Å². The van der Waals surface area contributed by atoms with Gasteiger partial charge in [-0.05, 0) is 69.2 Å². The number of hydrogen-bond acceptors (Lipinski definition) is 4. The van der Waals surface area contributed by atoms with Gasteiger partial charge in [-0.2, -0.15) is 0 Å². The van der Waals surface area contributed by atoms with E-state index in [9.17, 15) is 4.79 Å². The lowest BCUT2D eigenvalue weighted by Gasteiger charge is -2.15. The number of halogens is 1. The molecule has 0 unspecified atom stereocenters. The molecular weight excluding hydrogens is 460 g/mol. The number of aliphatic imine (C=N–C) groups is 1. The molecule has 1 amide bonds. The highest BCUT2D eigenvalue weighted by molar-refractivity contribution is 9.10. The topological polar surface area (TPSA) is 41.9 Å². The summed E-state index contributed by atoms with van der Waals surface area (Å²) in [5.41, 5.74) is 2.79. The number of benzene rings is 3. The van der Waals surface area contributed by atoms with Gasteiger partial charge in [0.25, 0.3) is 5.91 Å². The van der Waals surface area contributed by atoms with Gasteiger partial charge in [0.15, 0.2) is 5.17 Å². The van der Waals surface area contributed by atoms with Gasteiger partial charge >= 0.3 is 0 Å². The van der Waals surface area contributed by atoms with Crippen molar-refractivity contribution in [2.45, 2.75) is 6.54 Å². The molecule has 0 bridgehead atoms. The summed E-state index contributed by atoms with van der Waals surface area (Å²) in [5.74, 6) is 0.699. The zero-order chi connectivity index (χ0) is 20.9. The van der Waals surface area contributed by atoms with E-state index >= 15 is 0 Å². The van der Waals surface area contributed by atoms with E-state index in [1.54, 1.807) is 12.0 Å². The largest absolute Gasteiger partial charge is 0.496 e. The predicted octanol–water partition coefficient (Wildman–Crippen LogP) is 6.26. The van der Waals surface area contributed by atoms with Crippen LogP contribution in [0.25, 0.3) is 6.08 Å². The zero-order valence-corrected chi connectivity index (χ0v) is 18.7. The number of ether oxygens (including phenoxy) is 1. The van der Waals surface area contributed by atoms with E-state index in [0.29, 0.717) is 16.6 Å². The predicted molar refractivity (Wildman–Crippen MR) is 127 cm³/mol. The molecule has 1 aliphatic rings. The number of amidine groups is 1. The fourth-order valence-electron chi connectivity index (χ4n) is 3.03. The molecule has 1 saturated heterocycles. The molecule has 150 valence electrons. The second-order valence-electron chi connectivity index (χ2n) is 6.61. The number of methoxy groups -OCH3 is 1. The summed E-state index contributed by atoms with van der Waals surface area (Å²) in [6.07, 6.45) is 1.89. The Labute approximate surface area is 188 Å². The molecule has 0 N–H and O–H groups in total. The maximum atomic E-state index is 13.2. The van der Waals surface area contributed by atoms with Crippen LogP contribution in [-0.4, -0.2) is 23.1 Å². The van der Waals surface area contributed by atoms with Crippen LogP contribution in [0.3, 0.4) is 0 Å². The number of nitrogens with zero attached hydrogens (tertiary/aromatic N) is 2. The van der Waals surface area contributed by atoms with Crippen molar-refractivity contribution in [3.05, 3.63) is 99.4 Å². The normalized spacial score (nSPS) is 16.5. The summed E-state index contributed by atoms with van der Waals surface area (Å²) in [6, 6.07) is 25.4. The average molecular weight is 479 g/mol. The second kappa shape index (κ2) is 9.32.